The number of phenolic OH excluding ortho intramolecular Hbond substituents is 2. The Balaban J connectivity index is 1.60. The molecule has 0 aliphatic carbocycles. The van der Waals surface area contributed by atoms with Crippen molar-refractivity contribution in [2.24, 2.45) is 0 Å². The van der Waals surface area contributed by atoms with Crippen LogP contribution in [0.15, 0.2) is 79.0 Å². The van der Waals surface area contributed by atoms with E-state index in [4.69, 9.17) is 4.74 Å². The van der Waals surface area contributed by atoms with Crippen molar-refractivity contribution in [1.82, 2.24) is 13.9 Å². The monoisotopic (exact) mass is 453 g/mol. The lowest BCUT2D eigenvalue weighted by Gasteiger charge is -2.26. The van der Waals surface area contributed by atoms with E-state index < -0.39 is 0 Å². The Morgan fingerprint density at radius 1 is 0.735 bits per heavy atom. The molecule has 3 heterocycles. The SMILES string of the molecule is Oc1ccc(-c2c(-c3ccccc3)cn3c4ccccc4n(CCN4CCOCC4)c23)cc1O. The fourth-order valence-electron chi connectivity index (χ4n) is 5.05. The third-order valence-electron chi connectivity index (χ3n) is 6.76. The van der Waals surface area contributed by atoms with Crippen LogP contribution in [0.1, 0.15) is 0 Å². The molecule has 5 aromatic rings. The maximum Gasteiger partial charge on any atom is 0.158 e. The zero-order valence-electron chi connectivity index (χ0n) is 18.9. The Morgan fingerprint density at radius 3 is 2.24 bits per heavy atom. The molecule has 0 amide bonds. The molecule has 0 atom stereocenters. The number of aromatic hydroxyl groups is 2. The van der Waals surface area contributed by atoms with Gasteiger partial charge in [-0.3, -0.25) is 9.30 Å². The summed E-state index contributed by atoms with van der Waals surface area (Å²) in [6.07, 6.45) is 2.19. The lowest BCUT2D eigenvalue weighted by atomic mass is 9.98. The molecule has 0 radical (unpaired) electrons. The van der Waals surface area contributed by atoms with Crippen molar-refractivity contribution in [3.63, 3.8) is 0 Å². The minimum absolute atomic E-state index is 0.117. The van der Waals surface area contributed by atoms with Crippen LogP contribution in [0.25, 0.3) is 38.9 Å². The van der Waals surface area contributed by atoms with Gasteiger partial charge in [0.2, 0.25) is 0 Å². The zero-order valence-corrected chi connectivity index (χ0v) is 18.9. The minimum atomic E-state index is -0.119. The Morgan fingerprint density at radius 2 is 1.47 bits per heavy atom. The number of benzene rings is 3. The lowest BCUT2D eigenvalue weighted by Crippen LogP contribution is -2.38. The zero-order chi connectivity index (χ0) is 23.1. The van der Waals surface area contributed by atoms with Gasteiger partial charge in [-0.25, -0.2) is 0 Å². The van der Waals surface area contributed by atoms with Gasteiger partial charge in [-0.2, -0.15) is 0 Å². The van der Waals surface area contributed by atoms with Crippen molar-refractivity contribution in [3.05, 3.63) is 79.0 Å². The Bertz CT molecular complexity index is 1460. The Kier molecular flexibility index (Phi) is 5.24. The molecule has 172 valence electrons. The van der Waals surface area contributed by atoms with Crippen LogP contribution >= 0.6 is 0 Å². The fraction of sp³-hybridized carbons (Fsp3) is 0.214. The predicted octanol–water partition coefficient (Wildman–Crippen LogP) is 4.97. The summed E-state index contributed by atoms with van der Waals surface area (Å²) in [5, 5.41) is 20.3. The first-order valence-corrected chi connectivity index (χ1v) is 11.7. The minimum Gasteiger partial charge on any atom is -0.504 e. The van der Waals surface area contributed by atoms with Crippen LogP contribution in [0, 0.1) is 0 Å². The van der Waals surface area contributed by atoms with Crippen molar-refractivity contribution in [2.45, 2.75) is 6.54 Å². The number of para-hydroxylation sites is 2. The van der Waals surface area contributed by atoms with Crippen molar-refractivity contribution >= 4 is 16.7 Å². The molecule has 0 saturated carbocycles. The Labute approximate surface area is 197 Å². The van der Waals surface area contributed by atoms with Crippen molar-refractivity contribution < 1.29 is 14.9 Å². The second-order valence-corrected chi connectivity index (χ2v) is 8.78. The number of aromatic nitrogens is 2. The number of ether oxygens (including phenoxy) is 1. The van der Waals surface area contributed by atoms with Gasteiger partial charge in [0.25, 0.3) is 0 Å². The van der Waals surface area contributed by atoms with Crippen LogP contribution in [0.4, 0.5) is 0 Å². The summed E-state index contributed by atoms with van der Waals surface area (Å²) in [6, 6.07) is 23.9. The van der Waals surface area contributed by atoms with E-state index in [1.807, 2.05) is 24.3 Å². The predicted molar refractivity (Wildman–Crippen MR) is 134 cm³/mol. The van der Waals surface area contributed by atoms with E-state index in [1.165, 1.54) is 5.52 Å². The first kappa shape index (κ1) is 20.8. The molecule has 1 saturated heterocycles. The summed E-state index contributed by atoms with van der Waals surface area (Å²) in [7, 11) is 0. The molecule has 6 nitrogen and oxygen atoms in total. The molecule has 0 bridgehead atoms. The molecule has 1 aliphatic rings. The van der Waals surface area contributed by atoms with Crippen molar-refractivity contribution in [3.8, 4) is 33.8 Å². The third kappa shape index (κ3) is 3.52. The summed E-state index contributed by atoms with van der Waals surface area (Å²) >= 11 is 0. The lowest BCUT2D eigenvalue weighted by molar-refractivity contribution is 0.0366. The van der Waals surface area contributed by atoms with Crippen LogP contribution in [-0.2, 0) is 11.3 Å². The molecule has 1 fully saturated rings. The van der Waals surface area contributed by atoms with Gasteiger partial charge in [-0.15, -0.1) is 0 Å². The Hall–Kier alpha value is -3.74. The average Bonchev–Trinajstić information content (AvgIpc) is 3.41. The molecule has 2 aromatic heterocycles. The van der Waals surface area contributed by atoms with E-state index in [9.17, 15) is 10.2 Å². The van der Waals surface area contributed by atoms with Crippen LogP contribution < -0.4 is 0 Å². The van der Waals surface area contributed by atoms with Crippen LogP contribution in [0.2, 0.25) is 0 Å². The van der Waals surface area contributed by atoms with Crippen LogP contribution in [-0.4, -0.2) is 56.9 Å². The number of phenols is 2. The topological polar surface area (TPSA) is 62.3 Å². The molecule has 34 heavy (non-hydrogen) atoms. The van der Waals surface area contributed by atoms with Gasteiger partial charge < -0.3 is 19.5 Å². The quantitative estimate of drug-likeness (QED) is 0.369. The summed E-state index contributed by atoms with van der Waals surface area (Å²) < 4.78 is 10.2. The number of rotatable bonds is 5. The molecule has 0 spiro atoms. The normalized spacial score (nSPS) is 14.8. The molecule has 0 unspecified atom stereocenters. The van der Waals surface area contributed by atoms with E-state index >= 15 is 0 Å². The summed E-state index contributed by atoms with van der Waals surface area (Å²) in [6.45, 7) is 5.23. The molecule has 6 rings (SSSR count). The largest absolute Gasteiger partial charge is 0.504 e. The second-order valence-electron chi connectivity index (χ2n) is 8.78. The van der Waals surface area contributed by atoms with Gasteiger partial charge in [-0.05, 0) is 35.4 Å². The van der Waals surface area contributed by atoms with E-state index in [2.05, 4.69) is 56.5 Å². The van der Waals surface area contributed by atoms with Gasteiger partial charge in [0.15, 0.2) is 11.5 Å². The van der Waals surface area contributed by atoms with E-state index in [0.717, 1.165) is 72.8 Å². The number of morpholine rings is 1. The molecule has 6 heteroatoms. The van der Waals surface area contributed by atoms with Crippen LogP contribution in [0.3, 0.4) is 0 Å². The summed E-state index contributed by atoms with van der Waals surface area (Å²) in [5.74, 6) is -0.236. The average molecular weight is 454 g/mol. The third-order valence-corrected chi connectivity index (χ3v) is 6.76. The molecule has 2 N–H and O–H groups in total. The highest BCUT2D eigenvalue weighted by Gasteiger charge is 2.22. The van der Waals surface area contributed by atoms with E-state index in [0.29, 0.717) is 0 Å². The standard InChI is InChI=1S/C28H27N3O3/c32-25-11-10-21(18-26(25)33)27-22(20-6-2-1-3-7-20)19-31-24-9-5-4-8-23(24)30(28(27)31)13-12-29-14-16-34-17-15-29/h1-11,18-19,32-33H,12-17H2. The van der Waals surface area contributed by atoms with E-state index in [1.54, 1.807) is 12.1 Å². The molecular weight excluding hydrogens is 426 g/mol. The van der Waals surface area contributed by atoms with Gasteiger partial charge >= 0.3 is 0 Å². The fourth-order valence-corrected chi connectivity index (χ4v) is 5.05. The van der Waals surface area contributed by atoms with Gasteiger partial charge in [0.05, 0.1) is 24.2 Å². The van der Waals surface area contributed by atoms with Gasteiger partial charge in [0.1, 0.15) is 5.65 Å². The number of fused-ring (bicyclic) bond motifs is 3. The highest BCUT2D eigenvalue weighted by Crippen LogP contribution is 2.42. The van der Waals surface area contributed by atoms with Crippen molar-refractivity contribution in [1.29, 1.82) is 0 Å². The summed E-state index contributed by atoms with van der Waals surface area (Å²) in [4.78, 5) is 2.45. The number of hydrogen-bond acceptors (Lipinski definition) is 4. The number of imidazole rings is 1. The smallest absolute Gasteiger partial charge is 0.158 e. The molecule has 3 aromatic carbocycles. The number of nitrogens with zero attached hydrogens (tertiary/aromatic N) is 3. The highest BCUT2D eigenvalue weighted by molar-refractivity contribution is 5.98. The van der Waals surface area contributed by atoms with Gasteiger partial charge in [0, 0.05) is 43.5 Å². The van der Waals surface area contributed by atoms with Crippen LogP contribution in [0.5, 0.6) is 11.5 Å². The second kappa shape index (κ2) is 8.56. The van der Waals surface area contributed by atoms with Gasteiger partial charge in [-0.1, -0.05) is 48.5 Å². The summed E-state index contributed by atoms with van der Waals surface area (Å²) in [5.41, 5.74) is 7.51. The maximum atomic E-state index is 10.3. The highest BCUT2D eigenvalue weighted by atomic mass is 16.5. The molecular formula is C28H27N3O3. The maximum absolute atomic E-state index is 10.3. The molecule has 1 aliphatic heterocycles. The number of hydrogen-bond donors (Lipinski definition) is 2. The van der Waals surface area contributed by atoms with Crippen molar-refractivity contribution in [2.75, 3.05) is 32.8 Å². The first-order chi connectivity index (χ1) is 16.7. The van der Waals surface area contributed by atoms with E-state index in [-0.39, 0.29) is 11.5 Å². The first-order valence-electron chi connectivity index (χ1n) is 11.7.